The number of nitrogens with one attached hydrogen (secondary N) is 1. The topological polar surface area (TPSA) is 49.4 Å². The van der Waals surface area contributed by atoms with Gasteiger partial charge < -0.3 is 10.2 Å². The number of amides is 2. The number of carbonyl (C=O) groups excluding carboxylic acids is 2. The summed E-state index contributed by atoms with van der Waals surface area (Å²) in [5.74, 6) is -0.102. The van der Waals surface area contributed by atoms with E-state index in [1.165, 1.54) is 0 Å². The Morgan fingerprint density at radius 2 is 1.75 bits per heavy atom. The molecule has 1 spiro atoms. The van der Waals surface area contributed by atoms with E-state index in [4.69, 9.17) is 0 Å². The maximum Gasteiger partial charge on any atom is 0.254 e. The number of nitrogens with zero attached hydrogens (tertiary/aromatic N) is 1. The molecule has 2 amide bonds. The highest BCUT2D eigenvalue weighted by molar-refractivity contribution is 6.06. The summed E-state index contributed by atoms with van der Waals surface area (Å²) in [6.45, 7) is 0.628. The Balaban J connectivity index is 1.74. The summed E-state index contributed by atoms with van der Waals surface area (Å²) in [5, 5.41) is 3.02. The summed E-state index contributed by atoms with van der Waals surface area (Å²) in [7, 11) is 0. The van der Waals surface area contributed by atoms with Gasteiger partial charge in [0.1, 0.15) is 5.54 Å². The van der Waals surface area contributed by atoms with E-state index in [-0.39, 0.29) is 11.8 Å². The van der Waals surface area contributed by atoms with Crippen LogP contribution in [0.3, 0.4) is 0 Å². The van der Waals surface area contributed by atoms with Gasteiger partial charge in [0.2, 0.25) is 0 Å². The molecule has 0 aliphatic carbocycles. The first-order valence-corrected chi connectivity index (χ1v) is 8.47. The minimum absolute atomic E-state index is 0.0508. The summed E-state index contributed by atoms with van der Waals surface area (Å²) < 4.78 is 0. The van der Waals surface area contributed by atoms with Crippen LogP contribution >= 0.6 is 0 Å². The molecule has 2 aliphatic heterocycles. The maximum absolute atomic E-state index is 13.1. The summed E-state index contributed by atoms with van der Waals surface area (Å²) in [6.07, 6.45) is 3.21. The number of likely N-dealkylation sites (tertiary alicyclic amines) is 1. The molecule has 1 saturated heterocycles. The first-order valence-electron chi connectivity index (χ1n) is 8.47. The first-order chi connectivity index (χ1) is 11.7. The number of anilines is 1. The number of hydrogen-bond donors (Lipinski definition) is 1. The molecule has 1 N–H and O–H groups in total. The van der Waals surface area contributed by atoms with Gasteiger partial charge in [-0.1, -0.05) is 36.4 Å². The van der Waals surface area contributed by atoms with Crippen LogP contribution in [0.15, 0.2) is 54.6 Å². The van der Waals surface area contributed by atoms with Gasteiger partial charge in [0, 0.05) is 24.2 Å². The summed E-state index contributed by atoms with van der Waals surface area (Å²) in [6, 6.07) is 17.1. The van der Waals surface area contributed by atoms with Gasteiger partial charge in [-0.3, -0.25) is 9.59 Å². The van der Waals surface area contributed by atoms with Gasteiger partial charge in [-0.25, -0.2) is 0 Å². The highest BCUT2D eigenvalue weighted by Crippen LogP contribution is 2.38. The van der Waals surface area contributed by atoms with E-state index in [9.17, 15) is 9.59 Å². The number of piperidine rings is 1. The normalized spacial score (nSPS) is 22.8. The second-order valence-electron chi connectivity index (χ2n) is 6.60. The average Bonchev–Trinajstić information content (AvgIpc) is 2.63. The molecular weight excluding hydrogens is 300 g/mol. The third kappa shape index (κ3) is 2.30. The second kappa shape index (κ2) is 5.78. The van der Waals surface area contributed by atoms with Crippen LogP contribution < -0.4 is 5.32 Å². The quantitative estimate of drug-likeness (QED) is 0.877. The maximum atomic E-state index is 13.1. The molecule has 0 bridgehead atoms. The predicted octanol–water partition coefficient (Wildman–Crippen LogP) is 3.25. The van der Waals surface area contributed by atoms with Crippen LogP contribution in [0.2, 0.25) is 0 Å². The van der Waals surface area contributed by atoms with Crippen LogP contribution in [0.5, 0.6) is 0 Å². The molecule has 24 heavy (non-hydrogen) atoms. The molecule has 4 heteroatoms. The summed E-state index contributed by atoms with van der Waals surface area (Å²) >= 11 is 0. The van der Waals surface area contributed by atoms with Crippen LogP contribution in [0.4, 0.5) is 5.69 Å². The Hall–Kier alpha value is -2.62. The van der Waals surface area contributed by atoms with Crippen LogP contribution in [0.25, 0.3) is 0 Å². The van der Waals surface area contributed by atoms with Crippen molar-refractivity contribution in [2.45, 2.75) is 31.2 Å². The molecule has 1 atom stereocenters. The third-order valence-electron chi connectivity index (χ3n) is 5.18. The molecule has 0 radical (unpaired) electrons. The molecule has 0 aromatic heterocycles. The minimum atomic E-state index is -0.764. The van der Waals surface area contributed by atoms with Gasteiger partial charge in [-0.05, 0) is 43.0 Å². The summed E-state index contributed by atoms with van der Waals surface area (Å²) in [4.78, 5) is 27.9. The Bertz CT molecular complexity index is 787. The van der Waals surface area contributed by atoms with E-state index in [0.717, 1.165) is 24.1 Å². The Kier molecular flexibility index (Phi) is 3.60. The van der Waals surface area contributed by atoms with Gasteiger partial charge in [-0.2, -0.15) is 0 Å². The highest BCUT2D eigenvalue weighted by atomic mass is 16.2. The zero-order chi connectivity index (χ0) is 16.6. The van der Waals surface area contributed by atoms with Crippen molar-refractivity contribution < 1.29 is 9.59 Å². The molecule has 4 nitrogen and oxygen atoms in total. The van der Waals surface area contributed by atoms with Crippen LogP contribution in [-0.4, -0.2) is 28.8 Å². The molecule has 2 aromatic rings. The van der Waals surface area contributed by atoms with Gasteiger partial charge >= 0.3 is 0 Å². The van der Waals surface area contributed by atoms with Gasteiger partial charge in [0.25, 0.3) is 11.8 Å². The first kappa shape index (κ1) is 14.9. The molecule has 4 rings (SSSR count). The van der Waals surface area contributed by atoms with Crippen molar-refractivity contribution in [1.82, 2.24) is 4.90 Å². The van der Waals surface area contributed by atoms with E-state index >= 15 is 0 Å². The largest absolute Gasteiger partial charge is 0.324 e. The lowest BCUT2D eigenvalue weighted by molar-refractivity contribution is -0.129. The third-order valence-corrected chi connectivity index (χ3v) is 5.18. The molecule has 0 saturated carbocycles. The zero-order valence-electron chi connectivity index (χ0n) is 13.5. The van der Waals surface area contributed by atoms with E-state index in [0.29, 0.717) is 24.9 Å². The van der Waals surface area contributed by atoms with Crippen molar-refractivity contribution in [2.75, 3.05) is 11.9 Å². The molecular formula is C20H20N2O2. The number of fused-ring (bicyclic) bond motifs is 1. The standard InChI is InChI=1S/C20H20N2O2/c23-18(15-8-2-1-3-9-15)22-13-7-6-12-20(22)14-16-10-4-5-11-17(16)21-19(20)24/h1-5,8-11H,6-7,12-14H2,(H,21,24). The predicted molar refractivity (Wildman–Crippen MR) is 92.8 cm³/mol. The van der Waals surface area contributed by atoms with E-state index in [1.807, 2.05) is 54.6 Å². The van der Waals surface area contributed by atoms with Crippen molar-refractivity contribution >= 4 is 17.5 Å². The van der Waals surface area contributed by atoms with E-state index in [2.05, 4.69) is 5.32 Å². The van der Waals surface area contributed by atoms with Gasteiger partial charge in [-0.15, -0.1) is 0 Å². The minimum Gasteiger partial charge on any atom is -0.324 e. The average molecular weight is 320 g/mol. The smallest absolute Gasteiger partial charge is 0.254 e. The van der Waals surface area contributed by atoms with Crippen molar-refractivity contribution in [3.63, 3.8) is 0 Å². The fraction of sp³-hybridized carbons (Fsp3) is 0.300. The fourth-order valence-corrected chi connectivity index (χ4v) is 3.92. The van der Waals surface area contributed by atoms with Crippen molar-refractivity contribution in [2.24, 2.45) is 0 Å². The highest BCUT2D eigenvalue weighted by Gasteiger charge is 2.50. The Morgan fingerprint density at radius 3 is 2.58 bits per heavy atom. The fourth-order valence-electron chi connectivity index (χ4n) is 3.92. The number of para-hydroxylation sites is 1. The number of hydrogen-bond acceptors (Lipinski definition) is 2. The van der Waals surface area contributed by atoms with Gasteiger partial charge in [0.15, 0.2) is 0 Å². The zero-order valence-corrected chi connectivity index (χ0v) is 13.5. The van der Waals surface area contributed by atoms with Crippen molar-refractivity contribution in [3.8, 4) is 0 Å². The molecule has 1 unspecified atom stereocenters. The van der Waals surface area contributed by atoms with Crippen molar-refractivity contribution in [1.29, 1.82) is 0 Å². The lowest BCUT2D eigenvalue weighted by Gasteiger charge is -2.48. The van der Waals surface area contributed by atoms with E-state index < -0.39 is 5.54 Å². The molecule has 1 fully saturated rings. The van der Waals surface area contributed by atoms with E-state index in [1.54, 1.807) is 4.90 Å². The molecule has 2 aromatic carbocycles. The lowest BCUT2D eigenvalue weighted by Crippen LogP contribution is -2.63. The Labute approximate surface area is 141 Å². The van der Waals surface area contributed by atoms with Crippen LogP contribution in [0.1, 0.15) is 35.2 Å². The summed E-state index contributed by atoms with van der Waals surface area (Å²) in [5.41, 5.74) is 1.85. The molecule has 2 heterocycles. The van der Waals surface area contributed by atoms with Gasteiger partial charge in [0.05, 0.1) is 0 Å². The Morgan fingerprint density at radius 1 is 1.00 bits per heavy atom. The molecule has 2 aliphatic rings. The van der Waals surface area contributed by atoms with Crippen LogP contribution in [0, 0.1) is 0 Å². The number of rotatable bonds is 1. The number of carbonyl (C=O) groups is 2. The monoisotopic (exact) mass is 320 g/mol. The second-order valence-corrected chi connectivity index (χ2v) is 6.60. The number of benzene rings is 2. The SMILES string of the molecule is O=C(c1ccccc1)N1CCCCC12Cc1ccccc1NC2=O. The molecule has 122 valence electrons. The van der Waals surface area contributed by atoms with Crippen molar-refractivity contribution in [3.05, 3.63) is 65.7 Å². The lowest BCUT2D eigenvalue weighted by atomic mass is 9.77. The van der Waals surface area contributed by atoms with Crippen LogP contribution in [-0.2, 0) is 11.2 Å².